The molecule has 0 saturated carbocycles. The van der Waals surface area contributed by atoms with Crippen LogP contribution in [0, 0.1) is 6.92 Å². The Hall–Kier alpha value is -3.78. The largest absolute Gasteiger partial charge is 0.417 e. The molecule has 1 aromatic carbocycles. The number of aryl methyl sites for hydroxylation is 1. The van der Waals surface area contributed by atoms with Gasteiger partial charge in [0.2, 0.25) is 11.8 Å². The second kappa shape index (κ2) is 9.84. The monoisotopic (exact) mass is 531 g/mol. The molecule has 3 aromatic rings. The molecule has 0 radical (unpaired) electrons. The second-order valence-electron chi connectivity index (χ2n) is 6.81. The molecule has 0 aliphatic rings. The van der Waals surface area contributed by atoms with Crippen molar-refractivity contribution in [1.82, 2.24) is 15.0 Å². The van der Waals surface area contributed by atoms with Gasteiger partial charge in [0, 0.05) is 6.20 Å². The van der Waals surface area contributed by atoms with Crippen molar-refractivity contribution in [3.8, 4) is 11.8 Å². The summed E-state index contributed by atoms with van der Waals surface area (Å²) in [4.78, 5) is 22.2. The van der Waals surface area contributed by atoms with Gasteiger partial charge in [0.15, 0.2) is 11.6 Å². The van der Waals surface area contributed by atoms with Crippen LogP contribution in [-0.4, -0.2) is 29.3 Å². The van der Waals surface area contributed by atoms with Gasteiger partial charge in [0.25, 0.3) is 15.9 Å². The van der Waals surface area contributed by atoms with E-state index in [2.05, 4.69) is 31.6 Å². The molecule has 0 atom stereocenters. The number of amides is 1. The van der Waals surface area contributed by atoms with Crippen molar-refractivity contribution >= 4 is 39.0 Å². The minimum atomic E-state index is -4.87. The Morgan fingerprint density at radius 2 is 1.83 bits per heavy atom. The molecule has 15 heteroatoms. The first-order valence-electron chi connectivity index (χ1n) is 9.28. The van der Waals surface area contributed by atoms with Gasteiger partial charge in [-0.05, 0) is 36.8 Å². The summed E-state index contributed by atoms with van der Waals surface area (Å²) in [5, 5.41) is 1.42. The highest BCUT2D eigenvalue weighted by molar-refractivity contribution is 7.92. The minimum Gasteiger partial charge on any atom is -0.417 e. The zero-order valence-corrected chi connectivity index (χ0v) is 19.1. The second-order valence-corrected chi connectivity index (χ2v) is 8.90. The summed E-state index contributed by atoms with van der Waals surface area (Å²) in [5.41, 5.74) is -1.03. The SMILES string of the molecule is C=C(F)C(=O)Nc1cnc(Oc2ncc(C)cc2NS(=O)(=O)c2ccc(Cl)c(C(F)(F)F)c2)cn1. The maximum Gasteiger partial charge on any atom is 0.417 e. The van der Waals surface area contributed by atoms with Gasteiger partial charge >= 0.3 is 6.18 Å². The van der Waals surface area contributed by atoms with Crippen LogP contribution in [0.1, 0.15) is 11.1 Å². The van der Waals surface area contributed by atoms with E-state index in [0.717, 1.165) is 24.5 Å². The Morgan fingerprint density at radius 1 is 1.11 bits per heavy atom. The number of ether oxygens (including phenoxy) is 1. The van der Waals surface area contributed by atoms with Gasteiger partial charge in [-0.15, -0.1) is 0 Å². The van der Waals surface area contributed by atoms with E-state index in [9.17, 15) is 30.8 Å². The number of rotatable bonds is 7. The summed E-state index contributed by atoms with van der Waals surface area (Å²) < 4.78 is 85.4. The lowest BCUT2D eigenvalue weighted by Gasteiger charge is -2.14. The van der Waals surface area contributed by atoms with Gasteiger partial charge in [-0.3, -0.25) is 9.52 Å². The number of anilines is 2. The topological polar surface area (TPSA) is 123 Å². The number of carbonyl (C=O) groups excluding carboxylic acids is 1. The van der Waals surface area contributed by atoms with E-state index in [-0.39, 0.29) is 23.3 Å². The molecule has 1 amide bonds. The van der Waals surface area contributed by atoms with Gasteiger partial charge in [-0.2, -0.15) is 13.2 Å². The van der Waals surface area contributed by atoms with Crippen LogP contribution in [0.4, 0.5) is 29.1 Å². The summed E-state index contributed by atoms with van der Waals surface area (Å²) in [7, 11) is -4.53. The number of nitrogens with one attached hydrogen (secondary N) is 2. The van der Waals surface area contributed by atoms with Crippen molar-refractivity contribution in [1.29, 1.82) is 0 Å². The zero-order valence-electron chi connectivity index (χ0n) is 17.5. The lowest BCUT2D eigenvalue weighted by atomic mass is 10.2. The highest BCUT2D eigenvalue weighted by Gasteiger charge is 2.34. The maximum atomic E-state index is 13.2. The Bertz CT molecular complexity index is 1400. The number of hydrogen-bond donors (Lipinski definition) is 2. The molecule has 2 aromatic heterocycles. The average molecular weight is 532 g/mol. The Kier molecular flexibility index (Phi) is 7.26. The fraction of sp³-hybridized carbons (Fsp3) is 0.100. The van der Waals surface area contributed by atoms with Crippen molar-refractivity contribution in [2.75, 3.05) is 10.0 Å². The fourth-order valence-electron chi connectivity index (χ4n) is 2.52. The third-order valence-electron chi connectivity index (χ3n) is 4.10. The van der Waals surface area contributed by atoms with Crippen LogP contribution in [0.3, 0.4) is 0 Å². The molecule has 0 unspecified atom stereocenters. The molecule has 0 saturated heterocycles. The lowest BCUT2D eigenvalue weighted by molar-refractivity contribution is -0.137. The normalized spacial score (nSPS) is 11.6. The van der Waals surface area contributed by atoms with E-state index in [0.29, 0.717) is 11.6 Å². The highest BCUT2D eigenvalue weighted by atomic mass is 35.5. The first-order chi connectivity index (χ1) is 16.3. The quantitative estimate of drug-likeness (QED) is 0.329. The first-order valence-corrected chi connectivity index (χ1v) is 11.1. The van der Waals surface area contributed by atoms with Crippen LogP contribution < -0.4 is 14.8 Å². The van der Waals surface area contributed by atoms with Crippen LogP contribution in [0.15, 0.2) is 60.2 Å². The van der Waals surface area contributed by atoms with Gasteiger partial charge in [-0.1, -0.05) is 18.2 Å². The fourth-order valence-corrected chi connectivity index (χ4v) is 3.82. The van der Waals surface area contributed by atoms with Crippen LogP contribution in [0.2, 0.25) is 5.02 Å². The van der Waals surface area contributed by atoms with Crippen molar-refractivity contribution in [3.05, 3.63) is 71.4 Å². The lowest BCUT2D eigenvalue weighted by Crippen LogP contribution is -2.16. The van der Waals surface area contributed by atoms with Crippen molar-refractivity contribution < 1.29 is 35.5 Å². The molecule has 184 valence electrons. The van der Waals surface area contributed by atoms with E-state index in [4.69, 9.17) is 16.3 Å². The zero-order chi connectivity index (χ0) is 26.0. The predicted octanol–water partition coefficient (Wildman–Crippen LogP) is 4.87. The molecule has 2 heterocycles. The molecular formula is C20H14ClF4N5O4S. The van der Waals surface area contributed by atoms with E-state index in [1.54, 1.807) is 6.92 Å². The summed E-state index contributed by atoms with van der Waals surface area (Å²) in [5.74, 6) is -2.98. The summed E-state index contributed by atoms with van der Waals surface area (Å²) in [6.07, 6.45) is -1.47. The Labute approximate surface area is 200 Å². The van der Waals surface area contributed by atoms with E-state index >= 15 is 0 Å². The molecule has 0 fully saturated rings. The molecule has 0 bridgehead atoms. The molecule has 9 nitrogen and oxygen atoms in total. The van der Waals surface area contributed by atoms with Crippen molar-refractivity contribution in [2.45, 2.75) is 18.0 Å². The van der Waals surface area contributed by atoms with Crippen LogP contribution in [0.5, 0.6) is 11.8 Å². The molecule has 0 spiro atoms. The molecule has 35 heavy (non-hydrogen) atoms. The Morgan fingerprint density at radius 3 is 2.43 bits per heavy atom. The maximum absolute atomic E-state index is 13.2. The molecule has 2 N–H and O–H groups in total. The summed E-state index contributed by atoms with van der Waals surface area (Å²) in [6.45, 7) is 4.43. The number of sulfonamides is 1. The number of pyridine rings is 1. The third-order valence-corrected chi connectivity index (χ3v) is 5.80. The van der Waals surface area contributed by atoms with Crippen LogP contribution >= 0.6 is 11.6 Å². The van der Waals surface area contributed by atoms with E-state index in [1.165, 1.54) is 12.3 Å². The van der Waals surface area contributed by atoms with Crippen LogP contribution in [-0.2, 0) is 21.0 Å². The minimum absolute atomic E-state index is 0.123. The van der Waals surface area contributed by atoms with Gasteiger partial charge in [0.1, 0.15) is 5.69 Å². The van der Waals surface area contributed by atoms with Crippen molar-refractivity contribution in [2.24, 2.45) is 0 Å². The van der Waals surface area contributed by atoms with Gasteiger partial charge in [0.05, 0.1) is 27.9 Å². The molecule has 0 aliphatic carbocycles. The van der Waals surface area contributed by atoms with E-state index < -0.39 is 43.4 Å². The predicted molar refractivity (Wildman–Crippen MR) is 117 cm³/mol. The highest BCUT2D eigenvalue weighted by Crippen LogP contribution is 2.36. The number of aromatic nitrogens is 3. The number of halogens is 5. The van der Waals surface area contributed by atoms with Gasteiger partial charge < -0.3 is 10.1 Å². The summed E-state index contributed by atoms with van der Waals surface area (Å²) in [6, 6.07) is 3.46. The number of carbonyl (C=O) groups is 1. The summed E-state index contributed by atoms with van der Waals surface area (Å²) >= 11 is 5.56. The Balaban J connectivity index is 1.88. The number of alkyl halides is 3. The third kappa shape index (κ3) is 6.42. The van der Waals surface area contributed by atoms with Crippen LogP contribution in [0.25, 0.3) is 0 Å². The van der Waals surface area contributed by atoms with Crippen molar-refractivity contribution in [3.63, 3.8) is 0 Å². The average Bonchev–Trinajstić information content (AvgIpc) is 2.76. The van der Waals surface area contributed by atoms with E-state index in [1.807, 2.05) is 0 Å². The van der Waals surface area contributed by atoms with Gasteiger partial charge in [-0.25, -0.2) is 27.8 Å². The number of nitrogens with zero attached hydrogens (tertiary/aromatic N) is 3. The number of benzene rings is 1. The molecule has 0 aliphatic heterocycles. The molecular weight excluding hydrogens is 518 g/mol. The molecule has 3 rings (SSSR count). The smallest absolute Gasteiger partial charge is 0.417 e. The first kappa shape index (κ1) is 25.8. The standard InChI is InChI=1S/C20H14ClF4N5O4S/c1-10-5-15(30-35(32,33)12-3-4-14(21)13(6-12)20(23,24)25)19(28-7-10)34-17-9-26-16(8-27-17)29-18(31)11(2)22/h3-9,30H,2H2,1H3,(H,26,29,31). The number of hydrogen-bond acceptors (Lipinski definition) is 7.